The fourth-order valence-electron chi connectivity index (χ4n) is 6.22. The molecule has 11 heteroatoms. The fourth-order valence-corrected chi connectivity index (χ4v) is 8.35. The molecule has 0 aliphatic carbocycles. The van der Waals surface area contributed by atoms with Crippen molar-refractivity contribution < 1.29 is 9.00 Å². The molecule has 0 radical (unpaired) electrons. The van der Waals surface area contributed by atoms with Crippen molar-refractivity contribution in [2.45, 2.75) is 50.7 Å². The highest BCUT2D eigenvalue weighted by atomic mass is 35.5. The normalized spacial score (nSPS) is 25.9. The minimum atomic E-state index is -1.98. The zero-order valence-corrected chi connectivity index (χ0v) is 27.5. The Labute approximate surface area is 266 Å². The van der Waals surface area contributed by atoms with Crippen molar-refractivity contribution in [2.75, 3.05) is 50.9 Å². The van der Waals surface area contributed by atoms with Crippen LogP contribution < -0.4 is 9.62 Å². The SMILES string of the molecule is CC1(C#Cc2ccc(C=O)cc2)C=S(C)(=O)N1.CCC1CN(c2ncc(-c3ncc[nH]3)cc2Cl)CCN1C1CCN(C)CC1. The van der Waals surface area contributed by atoms with Gasteiger partial charge in [-0.1, -0.05) is 42.5 Å². The molecule has 2 saturated heterocycles. The van der Waals surface area contributed by atoms with E-state index in [0.717, 1.165) is 61.2 Å². The lowest BCUT2D eigenvalue weighted by Crippen LogP contribution is -2.58. The number of piperidine rings is 1. The summed E-state index contributed by atoms with van der Waals surface area (Å²) in [5.41, 5.74) is 1.91. The van der Waals surface area contributed by atoms with Crippen LogP contribution in [0.5, 0.6) is 0 Å². The molecule has 3 aliphatic heterocycles. The van der Waals surface area contributed by atoms with E-state index in [2.05, 4.69) is 60.2 Å². The van der Waals surface area contributed by atoms with Crippen molar-refractivity contribution in [1.82, 2.24) is 29.5 Å². The second-order valence-electron chi connectivity index (χ2n) is 12.1. The number of H-pyrrole nitrogens is 1. The van der Waals surface area contributed by atoms with Gasteiger partial charge in [0.25, 0.3) is 0 Å². The van der Waals surface area contributed by atoms with Crippen LogP contribution in [0.1, 0.15) is 49.0 Å². The fraction of sp³-hybridized carbons (Fsp3) is 0.455. The first-order valence-electron chi connectivity index (χ1n) is 15.1. The van der Waals surface area contributed by atoms with Gasteiger partial charge in [-0.25, -0.2) is 14.7 Å². The molecule has 0 spiro atoms. The predicted octanol–water partition coefficient (Wildman–Crippen LogP) is 3.96. The van der Waals surface area contributed by atoms with E-state index in [4.69, 9.17) is 11.6 Å². The van der Waals surface area contributed by atoms with Gasteiger partial charge in [-0.2, -0.15) is 0 Å². The van der Waals surface area contributed by atoms with Crippen LogP contribution in [0.15, 0.2) is 48.9 Å². The van der Waals surface area contributed by atoms with Gasteiger partial charge >= 0.3 is 0 Å². The molecule has 5 heterocycles. The second kappa shape index (κ2) is 13.8. The van der Waals surface area contributed by atoms with E-state index in [1.807, 2.05) is 25.4 Å². The van der Waals surface area contributed by atoms with Gasteiger partial charge in [-0.05, 0) is 64.5 Å². The molecular weight excluding hydrogens is 594 g/mol. The molecule has 0 amide bonds. The number of carbonyl (C=O) groups is 1. The van der Waals surface area contributed by atoms with Gasteiger partial charge in [0, 0.05) is 88.3 Å². The summed E-state index contributed by atoms with van der Waals surface area (Å²) in [6.07, 6.45) is 11.6. The van der Waals surface area contributed by atoms with Crippen LogP contribution in [-0.4, -0.2) is 104 Å². The number of nitrogens with one attached hydrogen (secondary N) is 2. The summed E-state index contributed by atoms with van der Waals surface area (Å²) in [6.45, 7) is 9.67. The maximum absolute atomic E-state index is 11.5. The molecule has 3 atom stereocenters. The van der Waals surface area contributed by atoms with Gasteiger partial charge in [-0.3, -0.25) is 13.9 Å². The summed E-state index contributed by atoms with van der Waals surface area (Å²) < 4.78 is 14.4. The molecule has 3 aliphatic rings. The molecule has 2 fully saturated rings. The Kier molecular flexibility index (Phi) is 10.1. The average molecular weight is 636 g/mol. The lowest BCUT2D eigenvalue weighted by Gasteiger charge is -2.47. The molecular formula is C33H42ClN7O2S. The van der Waals surface area contributed by atoms with Gasteiger partial charge in [0.05, 0.1) is 5.02 Å². The second-order valence-corrected chi connectivity index (χ2v) is 14.7. The van der Waals surface area contributed by atoms with Crippen molar-refractivity contribution >= 4 is 38.8 Å². The van der Waals surface area contributed by atoms with Crippen molar-refractivity contribution in [3.8, 4) is 23.2 Å². The van der Waals surface area contributed by atoms with Crippen molar-refractivity contribution in [2.24, 2.45) is 0 Å². The summed E-state index contributed by atoms with van der Waals surface area (Å²) in [7, 11) is 0.250. The van der Waals surface area contributed by atoms with Gasteiger partial charge in [0.1, 0.15) is 23.5 Å². The van der Waals surface area contributed by atoms with Gasteiger partial charge in [-0.15, -0.1) is 0 Å². The molecule has 3 unspecified atom stereocenters. The third-order valence-corrected chi connectivity index (χ3v) is 10.5. The number of anilines is 1. The number of carbonyl (C=O) groups excluding carboxylic acids is 1. The van der Waals surface area contributed by atoms with Gasteiger partial charge in [0.15, 0.2) is 0 Å². The maximum Gasteiger partial charge on any atom is 0.150 e. The Hall–Kier alpha value is -3.20. The minimum absolute atomic E-state index is 0.477. The number of benzene rings is 1. The van der Waals surface area contributed by atoms with E-state index in [1.54, 1.807) is 42.1 Å². The average Bonchev–Trinajstić information content (AvgIpc) is 3.55. The predicted molar refractivity (Wildman–Crippen MR) is 181 cm³/mol. The topological polar surface area (TPSA) is 97.5 Å². The Balaban J connectivity index is 0.000000195. The van der Waals surface area contributed by atoms with E-state index in [0.29, 0.717) is 16.6 Å². The summed E-state index contributed by atoms with van der Waals surface area (Å²) in [5, 5.41) is 2.43. The van der Waals surface area contributed by atoms with E-state index in [9.17, 15) is 9.00 Å². The van der Waals surface area contributed by atoms with Crippen molar-refractivity contribution in [3.05, 3.63) is 65.1 Å². The molecule has 9 nitrogen and oxygen atoms in total. The molecule has 1 aromatic carbocycles. The monoisotopic (exact) mass is 635 g/mol. The molecule has 0 bridgehead atoms. The van der Waals surface area contributed by atoms with E-state index >= 15 is 0 Å². The smallest absolute Gasteiger partial charge is 0.150 e. The molecule has 44 heavy (non-hydrogen) atoms. The van der Waals surface area contributed by atoms with Crippen LogP contribution in [0.2, 0.25) is 5.02 Å². The lowest BCUT2D eigenvalue weighted by atomic mass is 9.98. The summed E-state index contributed by atoms with van der Waals surface area (Å²) in [6, 6.07) is 10.3. The Morgan fingerprint density at radius 3 is 2.48 bits per heavy atom. The van der Waals surface area contributed by atoms with Crippen molar-refractivity contribution in [1.29, 1.82) is 0 Å². The maximum atomic E-state index is 11.5. The Morgan fingerprint density at radius 1 is 1.16 bits per heavy atom. The quantitative estimate of drug-likeness (QED) is 0.249. The number of piperazine rings is 1. The number of imidazole rings is 1. The summed E-state index contributed by atoms with van der Waals surface area (Å²) in [4.78, 5) is 30.1. The number of likely N-dealkylation sites (tertiary alicyclic amines) is 1. The van der Waals surface area contributed by atoms with E-state index in [1.165, 1.54) is 25.9 Å². The largest absolute Gasteiger partial charge is 0.353 e. The highest BCUT2D eigenvalue weighted by Crippen LogP contribution is 2.31. The van der Waals surface area contributed by atoms with Crippen LogP contribution in [0.4, 0.5) is 5.82 Å². The number of aromatic amines is 1. The van der Waals surface area contributed by atoms with E-state index < -0.39 is 15.2 Å². The first kappa shape index (κ1) is 32.2. The van der Waals surface area contributed by atoms with Gasteiger partial charge in [0.2, 0.25) is 0 Å². The highest BCUT2D eigenvalue weighted by molar-refractivity contribution is 8.00. The van der Waals surface area contributed by atoms with Crippen LogP contribution in [0, 0.1) is 11.8 Å². The molecule has 0 saturated carbocycles. The van der Waals surface area contributed by atoms with Crippen LogP contribution in [-0.2, 0) is 9.71 Å². The number of hydrogen-bond acceptors (Lipinski definition) is 7. The first-order chi connectivity index (χ1) is 21.1. The molecule has 6 rings (SSSR count). The third kappa shape index (κ3) is 7.89. The molecule has 3 aromatic rings. The number of aromatic nitrogens is 3. The molecule has 2 aromatic heterocycles. The number of pyridine rings is 1. The van der Waals surface area contributed by atoms with Crippen LogP contribution in [0.3, 0.4) is 0 Å². The van der Waals surface area contributed by atoms with Crippen LogP contribution in [0.25, 0.3) is 11.4 Å². The lowest BCUT2D eigenvalue weighted by molar-refractivity contribution is 0.0701. The van der Waals surface area contributed by atoms with E-state index in [-0.39, 0.29) is 0 Å². The number of halogens is 1. The number of rotatable bonds is 5. The number of hydrogen-bond donors (Lipinski definition) is 2. The zero-order valence-electron chi connectivity index (χ0n) is 25.9. The number of aldehydes is 1. The Bertz CT molecular complexity index is 1620. The molecule has 234 valence electrons. The minimum Gasteiger partial charge on any atom is -0.353 e. The van der Waals surface area contributed by atoms with Crippen molar-refractivity contribution in [3.63, 3.8) is 0 Å². The number of nitrogens with zero attached hydrogens (tertiary/aromatic N) is 5. The Morgan fingerprint density at radius 2 is 1.89 bits per heavy atom. The zero-order chi connectivity index (χ0) is 31.3. The van der Waals surface area contributed by atoms with Gasteiger partial charge < -0.3 is 14.8 Å². The third-order valence-electron chi connectivity index (χ3n) is 8.44. The summed E-state index contributed by atoms with van der Waals surface area (Å²) in [5.74, 6) is 7.71. The highest BCUT2D eigenvalue weighted by Gasteiger charge is 2.34. The molecule has 2 N–H and O–H groups in total. The van der Waals surface area contributed by atoms with Crippen LogP contribution >= 0.6 is 11.6 Å². The summed E-state index contributed by atoms with van der Waals surface area (Å²) >= 11 is 6.61. The standard InChI is InChI=1S/C20H29ClN6.C13H13NO2S/c1-3-16-14-26(10-11-27(16)17-4-8-25(2)9-5-17)20-18(21)12-15(13-24-20)19-22-6-7-23-19;1-13(10-17(2,16)14-13)8-7-11-3-5-12(9-15)6-4-11/h6-7,12-13,16-17H,3-5,8-11,14H2,1-2H3,(H,22,23);3-6,9-10H,1-2H3,(H,14,16). The first-order valence-corrected chi connectivity index (χ1v) is 17.6.